The van der Waals surface area contributed by atoms with Crippen LogP contribution in [0.15, 0.2) is 60.9 Å². The topological polar surface area (TPSA) is 98.1 Å². The largest absolute Gasteiger partial charge is 0.417 e. The van der Waals surface area contributed by atoms with Crippen LogP contribution in [-0.4, -0.2) is 29.0 Å². The molecule has 0 unspecified atom stereocenters. The van der Waals surface area contributed by atoms with Crippen LogP contribution in [0.1, 0.15) is 28.8 Å². The number of amides is 1. The quantitative estimate of drug-likeness (QED) is 0.652. The molecule has 1 saturated heterocycles. The van der Waals surface area contributed by atoms with Crippen molar-refractivity contribution in [2.24, 2.45) is 5.73 Å². The van der Waals surface area contributed by atoms with Gasteiger partial charge in [-0.15, -0.1) is 0 Å². The van der Waals surface area contributed by atoms with Crippen LogP contribution in [0.4, 0.5) is 24.8 Å². The number of nitrogens with zero attached hydrogens (tertiary/aromatic N) is 3. The fourth-order valence-corrected chi connectivity index (χ4v) is 3.18. The number of primary amides is 1. The van der Waals surface area contributed by atoms with Crippen molar-refractivity contribution in [3.8, 4) is 11.1 Å². The molecule has 0 atom stereocenters. The highest BCUT2D eigenvalue weighted by atomic mass is 19.4. The van der Waals surface area contributed by atoms with E-state index in [0.29, 0.717) is 11.8 Å². The summed E-state index contributed by atoms with van der Waals surface area (Å²) in [4.78, 5) is 21.6. The Balaban J connectivity index is 0.000000210. The van der Waals surface area contributed by atoms with E-state index in [1.165, 1.54) is 0 Å². The zero-order chi connectivity index (χ0) is 22.4. The Hall–Kier alpha value is -3.62. The minimum Gasteiger partial charge on any atom is -0.384 e. The maximum Gasteiger partial charge on any atom is 0.417 e. The summed E-state index contributed by atoms with van der Waals surface area (Å²) in [5.41, 5.74) is 12.3. The maximum atomic E-state index is 11.8. The molecule has 0 aliphatic carbocycles. The Morgan fingerprint density at radius 1 is 0.935 bits per heavy atom. The number of hydrogen-bond acceptors (Lipinski definition) is 5. The number of carbonyl (C=O) groups is 1. The molecular formula is C22H22F3N5O. The Labute approximate surface area is 177 Å². The lowest BCUT2D eigenvalue weighted by Gasteiger charge is -2.19. The van der Waals surface area contributed by atoms with Gasteiger partial charge in [-0.25, -0.2) is 9.97 Å². The highest BCUT2D eigenvalue weighted by Crippen LogP contribution is 2.28. The Morgan fingerprint density at radius 2 is 1.61 bits per heavy atom. The van der Waals surface area contributed by atoms with Crippen molar-refractivity contribution >= 4 is 17.5 Å². The molecule has 4 N–H and O–H groups in total. The Bertz CT molecular complexity index is 1020. The number of hydrogen-bond donors (Lipinski definition) is 2. The predicted molar refractivity (Wildman–Crippen MR) is 113 cm³/mol. The minimum absolute atomic E-state index is 0.0815. The van der Waals surface area contributed by atoms with Gasteiger partial charge in [-0.3, -0.25) is 4.79 Å². The van der Waals surface area contributed by atoms with E-state index in [0.717, 1.165) is 55.0 Å². The van der Waals surface area contributed by atoms with Crippen molar-refractivity contribution in [1.82, 2.24) is 9.97 Å². The number of anilines is 2. The number of benzene rings is 1. The highest BCUT2D eigenvalue weighted by molar-refractivity contribution is 5.99. The summed E-state index contributed by atoms with van der Waals surface area (Å²) >= 11 is 0. The minimum atomic E-state index is -4.33. The number of carbonyl (C=O) groups excluding carboxylic acids is 1. The van der Waals surface area contributed by atoms with Crippen molar-refractivity contribution < 1.29 is 18.0 Å². The van der Waals surface area contributed by atoms with Crippen LogP contribution >= 0.6 is 0 Å². The molecule has 0 bridgehead atoms. The van der Waals surface area contributed by atoms with Gasteiger partial charge in [0.1, 0.15) is 11.6 Å². The number of rotatable bonds is 3. The second-order valence-electron chi connectivity index (χ2n) is 6.99. The first-order valence-electron chi connectivity index (χ1n) is 9.64. The maximum absolute atomic E-state index is 11.8. The standard InChI is InChI=1S/C16H17N3O.C6H5F3N2/c17-15(20)14-10-13(12-6-2-1-3-7-12)11-18-16(14)19-8-4-5-9-19;7-6(8,9)4-1-2-5(10)11-3-4/h1-3,6-7,10-11H,4-5,8-9H2,(H2,17,20);1-3H,(H2,10,11). The van der Waals surface area contributed by atoms with Gasteiger partial charge < -0.3 is 16.4 Å². The fourth-order valence-electron chi connectivity index (χ4n) is 3.18. The lowest BCUT2D eigenvalue weighted by Crippen LogP contribution is -2.24. The van der Waals surface area contributed by atoms with Crippen LogP contribution in [0.25, 0.3) is 11.1 Å². The van der Waals surface area contributed by atoms with E-state index in [2.05, 4.69) is 14.9 Å². The normalized spacial score (nSPS) is 13.5. The lowest BCUT2D eigenvalue weighted by molar-refractivity contribution is -0.137. The Kier molecular flexibility index (Phi) is 6.74. The van der Waals surface area contributed by atoms with Gasteiger partial charge in [0.2, 0.25) is 0 Å². The molecule has 1 fully saturated rings. The average molecular weight is 429 g/mol. The van der Waals surface area contributed by atoms with Gasteiger partial charge in [0.15, 0.2) is 0 Å². The zero-order valence-electron chi connectivity index (χ0n) is 16.6. The molecule has 1 aromatic carbocycles. The van der Waals surface area contributed by atoms with E-state index in [1.807, 2.05) is 42.6 Å². The number of pyridine rings is 2. The SMILES string of the molecule is NC(=O)c1cc(-c2ccccc2)cnc1N1CCCC1.Nc1ccc(C(F)(F)F)cn1. The van der Waals surface area contributed by atoms with Gasteiger partial charge in [-0.1, -0.05) is 30.3 Å². The molecule has 3 aromatic rings. The molecule has 0 saturated carbocycles. The third-order valence-corrected chi connectivity index (χ3v) is 4.76. The molecule has 1 aliphatic rings. The van der Waals surface area contributed by atoms with Crippen molar-refractivity contribution in [2.45, 2.75) is 19.0 Å². The summed E-state index contributed by atoms with van der Waals surface area (Å²) < 4.78 is 35.5. The van der Waals surface area contributed by atoms with Gasteiger partial charge >= 0.3 is 6.18 Å². The van der Waals surface area contributed by atoms with E-state index in [4.69, 9.17) is 11.5 Å². The van der Waals surface area contributed by atoms with Crippen molar-refractivity contribution in [1.29, 1.82) is 0 Å². The first kappa shape index (κ1) is 22.1. The lowest BCUT2D eigenvalue weighted by atomic mass is 10.1. The molecular weight excluding hydrogens is 407 g/mol. The summed E-state index contributed by atoms with van der Waals surface area (Å²) in [6, 6.07) is 13.7. The summed E-state index contributed by atoms with van der Waals surface area (Å²) in [6.07, 6.45) is 0.464. The monoisotopic (exact) mass is 429 g/mol. The average Bonchev–Trinajstić information content (AvgIpc) is 3.29. The number of alkyl halides is 3. The predicted octanol–water partition coefficient (Wildman–Crippen LogP) is 4.13. The smallest absolute Gasteiger partial charge is 0.384 e. The van der Waals surface area contributed by atoms with E-state index >= 15 is 0 Å². The second-order valence-corrected chi connectivity index (χ2v) is 6.99. The molecule has 2 aromatic heterocycles. The molecule has 162 valence electrons. The van der Waals surface area contributed by atoms with Crippen molar-refractivity contribution in [3.63, 3.8) is 0 Å². The first-order valence-corrected chi connectivity index (χ1v) is 9.64. The molecule has 0 radical (unpaired) electrons. The molecule has 0 spiro atoms. The summed E-state index contributed by atoms with van der Waals surface area (Å²) in [5.74, 6) is 0.380. The fraction of sp³-hybridized carbons (Fsp3) is 0.227. The zero-order valence-corrected chi connectivity index (χ0v) is 16.6. The third kappa shape index (κ3) is 5.71. The van der Waals surface area contributed by atoms with E-state index in [1.54, 1.807) is 0 Å². The molecule has 1 amide bonds. The Morgan fingerprint density at radius 3 is 2.16 bits per heavy atom. The van der Waals surface area contributed by atoms with E-state index in [9.17, 15) is 18.0 Å². The number of nitrogens with two attached hydrogens (primary N) is 2. The summed E-state index contributed by atoms with van der Waals surface area (Å²) in [7, 11) is 0. The number of halogens is 3. The van der Waals surface area contributed by atoms with Gasteiger partial charge in [0, 0.05) is 31.0 Å². The molecule has 6 nitrogen and oxygen atoms in total. The van der Waals surface area contributed by atoms with Crippen LogP contribution in [-0.2, 0) is 6.18 Å². The number of nitrogen functional groups attached to an aromatic ring is 1. The van der Waals surface area contributed by atoms with E-state index in [-0.39, 0.29) is 5.82 Å². The molecule has 3 heterocycles. The second kappa shape index (κ2) is 9.46. The van der Waals surface area contributed by atoms with Crippen molar-refractivity contribution in [2.75, 3.05) is 23.7 Å². The van der Waals surface area contributed by atoms with Crippen molar-refractivity contribution in [3.05, 3.63) is 72.1 Å². The van der Waals surface area contributed by atoms with Crippen LogP contribution in [0, 0.1) is 0 Å². The van der Waals surface area contributed by atoms with Crippen LogP contribution in [0.3, 0.4) is 0 Å². The highest BCUT2D eigenvalue weighted by Gasteiger charge is 2.30. The molecule has 9 heteroatoms. The number of aromatic nitrogens is 2. The van der Waals surface area contributed by atoms with Gasteiger partial charge in [0.05, 0.1) is 11.1 Å². The van der Waals surface area contributed by atoms with Crippen LogP contribution in [0.2, 0.25) is 0 Å². The third-order valence-electron chi connectivity index (χ3n) is 4.76. The first-order chi connectivity index (χ1) is 14.8. The van der Waals surface area contributed by atoms with E-state index < -0.39 is 17.6 Å². The van der Waals surface area contributed by atoms with Gasteiger partial charge in [-0.2, -0.15) is 13.2 Å². The molecule has 31 heavy (non-hydrogen) atoms. The summed E-state index contributed by atoms with van der Waals surface area (Å²) in [5, 5.41) is 0. The van der Waals surface area contributed by atoms with Crippen LogP contribution in [0.5, 0.6) is 0 Å². The van der Waals surface area contributed by atoms with Gasteiger partial charge in [0.25, 0.3) is 5.91 Å². The molecule has 1 aliphatic heterocycles. The van der Waals surface area contributed by atoms with Gasteiger partial charge in [-0.05, 0) is 36.6 Å². The van der Waals surface area contributed by atoms with Crippen LogP contribution < -0.4 is 16.4 Å². The molecule has 4 rings (SSSR count). The summed E-state index contributed by atoms with van der Waals surface area (Å²) in [6.45, 7) is 1.88.